The van der Waals surface area contributed by atoms with Crippen molar-refractivity contribution >= 4 is 27.5 Å². The zero-order valence-corrected chi connectivity index (χ0v) is 16.0. The summed E-state index contributed by atoms with van der Waals surface area (Å²) < 4.78 is 10.7. The molecule has 3 rings (SSSR count). The van der Waals surface area contributed by atoms with Gasteiger partial charge >= 0.3 is 5.97 Å². The van der Waals surface area contributed by atoms with Gasteiger partial charge in [-0.15, -0.1) is 11.3 Å². The third-order valence-electron chi connectivity index (χ3n) is 4.00. The van der Waals surface area contributed by atoms with Crippen LogP contribution in [-0.4, -0.2) is 50.2 Å². The maximum Gasteiger partial charge on any atom is 0.348 e. The van der Waals surface area contributed by atoms with Gasteiger partial charge in [0.2, 0.25) is 0 Å². The molecule has 0 spiro atoms. The fourth-order valence-electron chi connectivity index (χ4n) is 2.74. The molecule has 0 radical (unpaired) electrons. The highest BCUT2D eigenvalue weighted by atomic mass is 32.1. The molecule has 26 heavy (non-hydrogen) atoms. The van der Waals surface area contributed by atoms with Crippen molar-refractivity contribution in [3.05, 3.63) is 47.5 Å². The van der Waals surface area contributed by atoms with Crippen molar-refractivity contribution in [1.82, 2.24) is 9.88 Å². The van der Waals surface area contributed by atoms with Gasteiger partial charge in [0.25, 0.3) is 0 Å². The fraction of sp³-hybridized carbons (Fsp3) is 0.300. The highest BCUT2D eigenvalue weighted by molar-refractivity contribution is 7.21. The number of carbonyl (C=O) groups is 1. The second kappa shape index (κ2) is 8.29. The Kier molecular flexibility index (Phi) is 5.85. The van der Waals surface area contributed by atoms with Gasteiger partial charge < -0.3 is 14.4 Å². The summed E-state index contributed by atoms with van der Waals surface area (Å²) in [5.74, 6) is 0.483. The van der Waals surface area contributed by atoms with Crippen LogP contribution < -0.4 is 4.74 Å². The number of ether oxygens (including phenoxy) is 2. The van der Waals surface area contributed by atoms with Crippen molar-refractivity contribution in [2.75, 3.05) is 34.4 Å². The molecule has 0 fully saturated rings. The zero-order valence-electron chi connectivity index (χ0n) is 15.2. The summed E-state index contributed by atoms with van der Waals surface area (Å²) in [7, 11) is 5.50. The number of hydrogen-bond acceptors (Lipinski definition) is 6. The molecular weight excluding hydrogens is 348 g/mol. The number of hydrogen-bond donors (Lipinski definition) is 0. The molecule has 0 amide bonds. The lowest BCUT2D eigenvalue weighted by atomic mass is 10.0. The van der Waals surface area contributed by atoms with Gasteiger partial charge in [-0.25, -0.2) is 9.78 Å². The van der Waals surface area contributed by atoms with E-state index in [1.165, 1.54) is 18.4 Å². The van der Waals surface area contributed by atoms with Gasteiger partial charge in [-0.05, 0) is 50.3 Å². The van der Waals surface area contributed by atoms with Gasteiger partial charge in [-0.2, -0.15) is 0 Å². The Labute approximate surface area is 157 Å². The number of benzene rings is 1. The first kappa shape index (κ1) is 18.4. The average Bonchev–Trinajstić information content (AvgIpc) is 3.04. The van der Waals surface area contributed by atoms with Crippen LogP contribution in [0.15, 0.2) is 42.6 Å². The molecule has 0 bridgehead atoms. The van der Waals surface area contributed by atoms with E-state index in [0.717, 1.165) is 40.1 Å². The van der Waals surface area contributed by atoms with Crippen LogP contribution in [0.5, 0.6) is 5.75 Å². The predicted octanol–water partition coefficient (Wildman–Crippen LogP) is 4.08. The number of aromatic nitrogens is 1. The van der Waals surface area contributed by atoms with Crippen molar-refractivity contribution in [3.8, 4) is 16.9 Å². The number of nitrogens with zero attached hydrogens (tertiary/aromatic N) is 2. The van der Waals surface area contributed by atoms with Crippen molar-refractivity contribution in [1.29, 1.82) is 0 Å². The quantitative estimate of drug-likeness (QED) is 0.463. The molecule has 0 atom stereocenters. The summed E-state index contributed by atoms with van der Waals surface area (Å²) in [5.41, 5.74) is 1.81. The average molecular weight is 370 g/mol. The summed E-state index contributed by atoms with van der Waals surface area (Å²) >= 11 is 1.35. The summed E-state index contributed by atoms with van der Waals surface area (Å²) in [5, 5.41) is 0.956. The van der Waals surface area contributed by atoms with E-state index >= 15 is 0 Å². The number of rotatable bonds is 7. The maximum absolute atomic E-state index is 12.2. The van der Waals surface area contributed by atoms with Crippen LogP contribution in [0.25, 0.3) is 21.3 Å². The second-order valence-electron chi connectivity index (χ2n) is 6.18. The van der Waals surface area contributed by atoms with Crippen LogP contribution in [0.4, 0.5) is 0 Å². The molecule has 0 unspecified atom stereocenters. The van der Waals surface area contributed by atoms with E-state index in [2.05, 4.69) is 9.88 Å². The maximum atomic E-state index is 12.2. The monoisotopic (exact) mass is 370 g/mol. The number of thiophene rings is 1. The Hall–Kier alpha value is -2.44. The van der Waals surface area contributed by atoms with Gasteiger partial charge in [0.1, 0.15) is 15.5 Å². The number of carbonyl (C=O) groups excluding carboxylic acids is 1. The van der Waals surface area contributed by atoms with Crippen molar-refractivity contribution in [2.24, 2.45) is 0 Å². The normalized spacial score (nSPS) is 11.1. The molecule has 0 saturated heterocycles. The van der Waals surface area contributed by atoms with E-state index in [9.17, 15) is 4.79 Å². The number of fused-ring (bicyclic) bond motifs is 1. The Balaban J connectivity index is 1.86. The van der Waals surface area contributed by atoms with Crippen LogP contribution >= 0.6 is 11.3 Å². The van der Waals surface area contributed by atoms with Crippen molar-refractivity contribution in [2.45, 2.75) is 6.42 Å². The lowest BCUT2D eigenvalue weighted by Gasteiger charge is -2.11. The molecule has 0 aliphatic rings. The summed E-state index contributed by atoms with van der Waals surface area (Å²) in [6, 6.07) is 11.7. The topological polar surface area (TPSA) is 51.7 Å². The SMILES string of the molecule is COC(=O)c1sc2ncccc2c1-c1ccc(OCCCN(C)C)cc1. The molecule has 2 aromatic heterocycles. The van der Waals surface area contributed by atoms with Crippen molar-refractivity contribution in [3.63, 3.8) is 0 Å². The number of methoxy groups -OCH3 is 1. The zero-order chi connectivity index (χ0) is 18.5. The Morgan fingerprint density at radius 3 is 2.65 bits per heavy atom. The first-order valence-corrected chi connectivity index (χ1v) is 9.25. The smallest absolute Gasteiger partial charge is 0.348 e. The van der Waals surface area contributed by atoms with Crippen molar-refractivity contribution < 1.29 is 14.3 Å². The predicted molar refractivity (Wildman–Crippen MR) is 105 cm³/mol. The lowest BCUT2D eigenvalue weighted by Crippen LogP contribution is -2.15. The van der Waals surface area contributed by atoms with E-state index in [-0.39, 0.29) is 5.97 Å². The first-order valence-electron chi connectivity index (χ1n) is 8.44. The Bertz CT molecular complexity index is 888. The highest BCUT2D eigenvalue weighted by Crippen LogP contribution is 2.38. The third-order valence-corrected chi connectivity index (χ3v) is 5.09. The van der Waals surface area contributed by atoms with Gasteiger partial charge in [0, 0.05) is 23.7 Å². The first-order chi connectivity index (χ1) is 12.6. The minimum Gasteiger partial charge on any atom is -0.494 e. The lowest BCUT2D eigenvalue weighted by molar-refractivity contribution is 0.0607. The van der Waals surface area contributed by atoms with Gasteiger partial charge in [-0.1, -0.05) is 12.1 Å². The van der Waals surface area contributed by atoms with Crippen LogP contribution in [0.1, 0.15) is 16.1 Å². The van der Waals surface area contributed by atoms with Crippen LogP contribution in [-0.2, 0) is 4.74 Å². The van der Waals surface area contributed by atoms with E-state index in [0.29, 0.717) is 11.5 Å². The molecule has 2 heterocycles. The molecule has 0 aliphatic carbocycles. The third kappa shape index (κ3) is 4.03. The van der Waals surface area contributed by atoms with Crippen LogP contribution in [0, 0.1) is 0 Å². The van der Waals surface area contributed by atoms with Gasteiger partial charge in [0.15, 0.2) is 0 Å². The summed E-state index contributed by atoms with van der Waals surface area (Å²) in [6.07, 6.45) is 2.70. The molecule has 0 saturated carbocycles. The molecule has 1 aromatic carbocycles. The Morgan fingerprint density at radius 2 is 1.96 bits per heavy atom. The number of esters is 1. The highest BCUT2D eigenvalue weighted by Gasteiger charge is 2.20. The standard InChI is InChI=1S/C20H22N2O3S/c1-22(2)12-5-13-25-15-9-7-14(8-10-15)17-16-6-4-11-21-19(16)26-18(17)20(23)24-3/h4,6-11H,5,12-13H2,1-3H3. The van der Waals surface area contributed by atoms with Crippen LogP contribution in [0.3, 0.4) is 0 Å². The minimum absolute atomic E-state index is 0.341. The van der Waals surface area contributed by atoms with E-state index in [1.807, 2.05) is 50.5 Å². The summed E-state index contributed by atoms with van der Waals surface area (Å²) in [6.45, 7) is 1.67. The molecule has 5 nitrogen and oxygen atoms in total. The molecule has 0 aliphatic heterocycles. The molecular formula is C20H22N2O3S. The van der Waals surface area contributed by atoms with Gasteiger partial charge in [-0.3, -0.25) is 0 Å². The van der Waals surface area contributed by atoms with E-state index in [1.54, 1.807) is 6.20 Å². The molecule has 6 heteroatoms. The molecule has 136 valence electrons. The largest absolute Gasteiger partial charge is 0.494 e. The minimum atomic E-state index is -0.341. The van der Waals surface area contributed by atoms with E-state index < -0.39 is 0 Å². The Morgan fingerprint density at radius 1 is 1.19 bits per heavy atom. The fourth-order valence-corrected chi connectivity index (χ4v) is 3.83. The van der Waals surface area contributed by atoms with Crippen LogP contribution in [0.2, 0.25) is 0 Å². The second-order valence-corrected chi connectivity index (χ2v) is 7.18. The molecule has 0 N–H and O–H groups in total. The van der Waals surface area contributed by atoms with Gasteiger partial charge in [0.05, 0.1) is 13.7 Å². The summed E-state index contributed by atoms with van der Waals surface area (Å²) in [4.78, 5) is 20.1. The number of pyridine rings is 1. The van der Waals surface area contributed by atoms with E-state index in [4.69, 9.17) is 9.47 Å². The molecule has 3 aromatic rings.